The monoisotopic (exact) mass is 349 g/mol. The molecule has 0 spiro atoms. The lowest BCUT2D eigenvalue weighted by atomic mass is 9.81. The average Bonchev–Trinajstić information content (AvgIpc) is 2.62. The van der Waals surface area contributed by atoms with Crippen molar-refractivity contribution in [1.29, 1.82) is 0 Å². The molecule has 0 aromatic rings. The third-order valence-corrected chi connectivity index (χ3v) is 5.46. The molecule has 0 bridgehead atoms. The molecule has 2 rings (SSSR count). The second-order valence-electron chi connectivity index (χ2n) is 7.79. The highest BCUT2D eigenvalue weighted by atomic mass is 16.2. The van der Waals surface area contributed by atoms with Gasteiger partial charge in [0.05, 0.1) is 0 Å². The van der Waals surface area contributed by atoms with E-state index in [-0.39, 0.29) is 23.7 Å². The molecule has 0 aromatic heterocycles. The fourth-order valence-corrected chi connectivity index (χ4v) is 3.79. The zero-order valence-corrected chi connectivity index (χ0v) is 16.0. The molecule has 0 atom stereocenters. The number of carbonyl (C=O) groups excluding carboxylic acids is 2. The molecule has 0 heterocycles. The van der Waals surface area contributed by atoms with Crippen molar-refractivity contribution in [2.24, 2.45) is 11.8 Å². The largest absolute Gasteiger partial charge is 0.356 e. The molecular weight excluding hydrogens is 314 g/mol. The van der Waals surface area contributed by atoms with Gasteiger partial charge in [0.2, 0.25) is 11.8 Å². The first-order valence-electron chi connectivity index (χ1n) is 9.94. The van der Waals surface area contributed by atoms with Crippen LogP contribution in [0.4, 0.5) is 0 Å². The second kappa shape index (κ2) is 10.6. The Balaban J connectivity index is 1.61. The number of nitrogens with zero attached hydrogens (tertiary/aromatic N) is 1. The van der Waals surface area contributed by atoms with Crippen LogP contribution in [0.1, 0.15) is 57.8 Å². The Kier molecular flexibility index (Phi) is 8.45. The molecule has 5 heteroatoms. The molecule has 142 valence electrons. The minimum absolute atomic E-state index is 0.0820. The Labute approximate surface area is 152 Å². The van der Waals surface area contributed by atoms with Crippen molar-refractivity contribution in [1.82, 2.24) is 15.5 Å². The average molecular weight is 350 g/mol. The van der Waals surface area contributed by atoms with Gasteiger partial charge in [-0.3, -0.25) is 9.59 Å². The first-order chi connectivity index (χ1) is 12.1. The number of hydrogen-bond donors (Lipinski definition) is 2. The lowest BCUT2D eigenvalue weighted by molar-refractivity contribution is -0.130. The highest BCUT2D eigenvalue weighted by molar-refractivity contribution is 5.81. The summed E-state index contributed by atoms with van der Waals surface area (Å²) in [6, 6.07) is 0. The molecule has 2 amide bonds. The van der Waals surface area contributed by atoms with Gasteiger partial charge in [-0.15, -0.1) is 0 Å². The molecule has 5 nitrogen and oxygen atoms in total. The summed E-state index contributed by atoms with van der Waals surface area (Å²) in [6.07, 6.45) is 11.7. The molecule has 25 heavy (non-hydrogen) atoms. The normalized spacial score (nSPS) is 23.9. The third-order valence-electron chi connectivity index (χ3n) is 5.46. The number of hydrogen-bond acceptors (Lipinski definition) is 3. The molecule has 1 fully saturated rings. The SMILES string of the molecule is CN(C)CCNC(=O)C1CCC(C(=O)NCCC2=CCCCC2)CC1. The van der Waals surface area contributed by atoms with Crippen LogP contribution in [0.25, 0.3) is 0 Å². The number of allylic oxidation sites excluding steroid dienone is 1. The summed E-state index contributed by atoms with van der Waals surface area (Å²) in [5, 5.41) is 6.12. The van der Waals surface area contributed by atoms with E-state index in [1.807, 2.05) is 14.1 Å². The molecule has 1 saturated carbocycles. The molecule has 2 aliphatic rings. The highest BCUT2D eigenvalue weighted by Gasteiger charge is 2.29. The van der Waals surface area contributed by atoms with E-state index in [1.54, 1.807) is 0 Å². The lowest BCUT2D eigenvalue weighted by Crippen LogP contribution is -2.39. The Bertz CT molecular complexity index is 466. The fourth-order valence-electron chi connectivity index (χ4n) is 3.79. The van der Waals surface area contributed by atoms with Gasteiger partial charge in [-0.25, -0.2) is 0 Å². The fraction of sp³-hybridized carbons (Fsp3) is 0.800. The van der Waals surface area contributed by atoms with E-state index >= 15 is 0 Å². The summed E-state index contributed by atoms with van der Waals surface area (Å²) in [5.74, 6) is 0.512. The van der Waals surface area contributed by atoms with Crippen LogP contribution in [0.15, 0.2) is 11.6 Å². The Morgan fingerprint density at radius 2 is 1.60 bits per heavy atom. The van der Waals surface area contributed by atoms with Gasteiger partial charge in [0, 0.05) is 31.5 Å². The van der Waals surface area contributed by atoms with Crippen LogP contribution in [0.5, 0.6) is 0 Å². The lowest BCUT2D eigenvalue weighted by Gasteiger charge is -2.27. The van der Waals surface area contributed by atoms with Crippen molar-refractivity contribution in [2.45, 2.75) is 57.8 Å². The molecule has 0 radical (unpaired) electrons. The van der Waals surface area contributed by atoms with Crippen molar-refractivity contribution in [3.8, 4) is 0 Å². The van der Waals surface area contributed by atoms with E-state index in [9.17, 15) is 9.59 Å². The van der Waals surface area contributed by atoms with E-state index in [1.165, 1.54) is 31.3 Å². The van der Waals surface area contributed by atoms with Gasteiger partial charge < -0.3 is 15.5 Å². The standard InChI is InChI=1S/C20H35N3O2/c1-23(2)15-14-22-20(25)18-10-8-17(9-11-18)19(24)21-13-12-16-6-4-3-5-7-16/h6,17-18H,3-5,7-15H2,1-2H3,(H,21,24)(H,22,25). The van der Waals surface area contributed by atoms with E-state index in [0.717, 1.165) is 45.2 Å². The van der Waals surface area contributed by atoms with Crippen LogP contribution >= 0.6 is 0 Å². The van der Waals surface area contributed by atoms with Crippen LogP contribution in [-0.2, 0) is 9.59 Å². The summed E-state index contributed by atoms with van der Waals surface area (Å²) in [5.41, 5.74) is 1.50. The predicted octanol–water partition coefficient (Wildman–Crippen LogP) is 2.48. The summed E-state index contributed by atoms with van der Waals surface area (Å²) in [7, 11) is 4.00. The summed E-state index contributed by atoms with van der Waals surface area (Å²) < 4.78 is 0. The van der Waals surface area contributed by atoms with Gasteiger partial charge in [0.1, 0.15) is 0 Å². The molecule has 0 unspecified atom stereocenters. The van der Waals surface area contributed by atoms with Gasteiger partial charge >= 0.3 is 0 Å². The number of carbonyl (C=O) groups is 2. The van der Waals surface area contributed by atoms with E-state index in [0.29, 0.717) is 6.54 Å². The first-order valence-corrected chi connectivity index (χ1v) is 9.94. The number of likely N-dealkylation sites (N-methyl/N-ethyl adjacent to an activating group) is 1. The predicted molar refractivity (Wildman–Crippen MR) is 101 cm³/mol. The molecule has 0 aromatic carbocycles. The van der Waals surface area contributed by atoms with Crippen LogP contribution in [0, 0.1) is 11.8 Å². The van der Waals surface area contributed by atoms with Gasteiger partial charge in [-0.2, -0.15) is 0 Å². The van der Waals surface area contributed by atoms with Crippen molar-refractivity contribution < 1.29 is 9.59 Å². The van der Waals surface area contributed by atoms with Gasteiger partial charge in [-0.05, 0) is 71.9 Å². The summed E-state index contributed by atoms with van der Waals surface area (Å²) >= 11 is 0. The van der Waals surface area contributed by atoms with Crippen LogP contribution in [-0.4, -0.2) is 50.4 Å². The van der Waals surface area contributed by atoms with Crippen molar-refractivity contribution in [3.05, 3.63) is 11.6 Å². The smallest absolute Gasteiger partial charge is 0.223 e. The van der Waals surface area contributed by atoms with Gasteiger partial charge in [0.15, 0.2) is 0 Å². The van der Waals surface area contributed by atoms with Gasteiger partial charge in [-0.1, -0.05) is 11.6 Å². The zero-order valence-electron chi connectivity index (χ0n) is 16.0. The summed E-state index contributed by atoms with van der Waals surface area (Å²) in [6.45, 7) is 2.32. The van der Waals surface area contributed by atoms with E-state index < -0.39 is 0 Å². The third kappa shape index (κ3) is 7.18. The zero-order chi connectivity index (χ0) is 18.1. The molecule has 2 aliphatic carbocycles. The topological polar surface area (TPSA) is 61.4 Å². The maximum atomic E-state index is 12.3. The number of nitrogens with one attached hydrogen (secondary N) is 2. The van der Waals surface area contributed by atoms with Crippen LogP contribution in [0.3, 0.4) is 0 Å². The first kappa shape index (κ1) is 20.0. The Hall–Kier alpha value is -1.36. The second-order valence-corrected chi connectivity index (χ2v) is 7.79. The van der Waals surface area contributed by atoms with Crippen LogP contribution < -0.4 is 10.6 Å². The molecule has 0 aliphatic heterocycles. The molecule has 2 N–H and O–H groups in total. The maximum Gasteiger partial charge on any atom is 0.223 e. The quantitative estimate of drug-likeness (QED) is 0.662. The van der Waals surface area contributed by atoms with Crippen LogP contribution in [0.2, 0.25) is 0 Å². The van der Waals surface area contributed by atoms with E-state index in [2.05, 4.69) is 21.6 Å². The Morgan fingerprint density at radius 3 is 2.12 bits per heavy atom. The van der Waals surface area contributed by atoms with Crippen molar-refractivity contribution >= 4 is 11.8 Å². The summed E-state index contributed by atoms with van der Waals surface area (Å²) in [4.78, 5) is 26.6. The van der Waals surface area contributed by atoms with Crippen molar-refractivity contribution in [2.75, 3.05) is 33.7 Å². The number of rotatable bonds is 8. The Morgan fingerprint density at radius 1 is 1.00 bits per heavy atom. The highest BCUT2D eigenvalue weighted by Crippen LogP contribution is 2.29. The van der Waals surface area contributed by atoms with E-state index in [4.69, 9.17) is 0 Å². The number of amides is 2. The minimum Gasteiger partial charge on any atom is -0.356 e. The molecular formula is C20H35N3O2. The molecule has 0 saturated heterocycles. The maximum absolute atomic E-state index is 12.3. The van der Waals surface area contributed by atoms with Crippen molar-refractivity contribution in [3.63, 3.8) is 0 Å². The minimum atomic E-state index is 0.0820. The van der Waals surface area contributed by atoms with Gasteiger partial charge in [0.25, 0.3) is 0 Å².